The summed E-state index contributed by atoms with van der Waals surface area (Å²) in [5, 5.41) is 29.9. The second-order valence-electron chi connectivity index (χ2n) is 10.7. The summed E-state index contributed by atoms with van der Waals surface area (Å²) in [4.78, 5) is 32.1. The monoisotopic (exact) mass is 594 g/mol. The van der Waals surface area contributed by atoms with Gasteiger partial charge in [-0.05, 0) is 61.4 Å². The third-order valence-corrected chi connectivity index (χ3v) is 8.56. The van der Waals surface area contributed by atoms with Crippen LogP contribution >= 0.6 is 11.3 Å². The molecule has 9 nitrogen and oxygen atoms in total. The van der Waals surface area contributed by atoms with Crippen LogP contribution in [0, 0.1) is 13.8 Å². The van der Waals surface area contributed by atoms with Crippen molar-refractivity contribution in [1.29, 1.82) is 0 Å². The van der Waals surface area contributed by atoms with Gasteiger partial charge in [-0.2, -0.15) is 0 Å². The molecule has 0 bridgehead atoms. The van der Waals surface area contributed by atoms with Crippen molar-refractivity contribution in [3.8, 4) is 0 Å². The second-order valence-corrected chi connectivity index (χ2v) is 11.6. The number of thiazole rings is 1. The summed E-state index contributed by atoms with van der Waals surface area (Å²) in [6.45, 7) is 9.43. The van der Waals surface area contributed by atoms with Crippen molar-refractivity contribution in [2.24, 2.45) is 0 Å². The molecule has 3 unspecified atom stereocenters. The number of nitrogens with one attached hydrogen (secondary N) is 2. The second kappa shape index (κ2) is 15.4. The zero-order valence-corrected chi connectivity index (χ0v) is 25.5. The number of carbonyl (C=O) groups is 2. The number of hydrogen-bond acceptors (Lipinski definition) is 8. The number of aliphatic hydroxyl groups excluding tert-OH is 2. The Hall–Kier alpha value is -3.15. The molecule has 3 atom stereocenters. The lowest BCUT2D eigenvalue weighted by molar-refractivity contribution is -0.153. The fourth-order valence-electron chi connectivity index (χ4n) is 5.34. The van der Waals surface area contributed by atoms with E-state index >= 15 is 0 Å². The van der Waals surface area contributed by atoms with Crippen LogP contribution in [0.15, 0.2) is 47.8 Å². The summed E-state index contributed by atoms with van der Waals surface area (Å²) in [7, 11) is 0. The molecule has 0 spiro atoms. The van der Waals surface area contributed by atoms with Gasteiger partial charge in [0, 0.05) is 38.0 Å². The smallest absolute Gasteiger partial charge is 0.255 e. The third kappa shape index (κ3) is 8.23. The SMILES string of the molecule is CCOCCNCc1cccc(C2CCCN2C(=O)C(O)C(O)C(=O)NCc2nc(Cc3c(C)cccc3C)cs2)c1. The molecule has 0 saturated carbocycles. The standard InChI is InChI=1S/C32H42N4O5S/c1-4-41-15-13-33-18-23-10-6-11-24(16-23)27-12-7-14-36(27)32(40)30(38)29(37)31(39)34-19-28-35-25(20-42-28)17-26-21(2)8-5-9-22(26)3/h5-6,8-11,16,20,27,29-30,33,37-38H,4,7,12-15,17-19H2,1-3H3,(H,34,39). The van der Waals surface area contributed by atoms with Gasteiger partial charge in [-0.15, -0.1) is 11.3 Å². The zero-order chi connectivity index (χ0) is 30.1. The maximum atomic E-state index is 13.2. The number of rotatable bonds is 14. The maximum Gasteiger partial charge on any atom is 0.255 e. The molecule has 3 aromatic rings. The molecule has 1 fully saturated rings. The summed E-state index contributed by atoms with van der Waals surface area (Å²) in [5.41, 5.74) is 6.61. The predicted octanol–water partition coefficient (Wildman–Crippen LogP) is 3.18. The van der Waals surface area contributed by atoms with E-state index in [2.05, 4.69) is 47.7 Å². The maximum absolute atomic E-state index is 13.2. The Morgan fingerprint density at radius 3 is 2.64 bits per heavy atom. The van der Waals surface area contributed by atoms with Crippen molar-refractivity contribution < 1.29 is 24.5 Å². The van der Waals surface area contributed by atoms with E-state index in [0.29, 0.717) is 37.7 Å². The van der Waals surface area contributed by atoms with Gasteiger partial charge in [0.2, 0.25) is 0 Å². The topological polar surface area (TPSA) is 124 Å². The van der Waals surface area contributed by atoms with Gasteiger partial charge in [0.05, 0.1) is 24.9 Å². The van der Waals surface area contributed by atoms with Crippen LogP contribution in [-0.4, -0.2) is 70.4 Å². The Kier molecular flexibility index (Phi) is 11.6. The van der Waals surface area contributed by atoms with Crippen molar-refractivity contribution in [3.63, 3.8) is 0 Å². The number of ether oxygens (including phenoxy) is 1. The molecule has 4 N–H and O–H groups in total. The number of carbonyl (C=O) groups excluding carboxylic acids is 2. The highest BCUT2D eigenvalue weighted by molar-refractivity contribution is 7.09. The van der Waals surface area contributed by atoms with E-state index in [9.17, 15) is 19.8 Å². The van der Waals surface area contributed by atoms with Gasteiger partial charge < -0.3 is 30.5 Å². The van der Waals surface area contributed by atoms with Crippen LogP contribution in [0.4, 0.5) is 0 Å². The average molecular weight is 595 g/mol. The fraction of sp³-hybridized carbons (Fsp3) is 0.469. The average Bonchev–Trinajstić information content (AvgIpc) is 3.67. The number of aryl methyl sites for hydroxylation is 2. The van der Waals surface area contributed by atoms with Crippen LogP contribution in [0.3, 0.4) is 0 Å². The highest BCUT2D eigenvalue weighted by atomic mass is 32.1. The first-order chi connectivity index (χ1) is 20.3. The van der Waals surface area contributed by atoms with Gasteiger partial charge in [-0.25, -0.2) is 4.98 Å². The van der Waals surface area contributed by atoms with Gasteiger partial charge in [-0.3, -0.25) is 9.59 Å². The summed E-state index contributed by atoms with van der Waals surface area (Å²) < 4.78 is 5.36. The van der Waals surface area contributed by atoms with Crippen LogP contribution in [0.25, 0.3) is 0 Å². The highest BCUT2D eigenvalue weighted by Crippen LogP contribution is 2.33. The van der Waals surface area contributed by atoms with Crippen molar-refractivity contribution >= 4 is 23.2 Å². The van der Waals surface area contributed by atoms with Crippen LogP contribution in [0.5, 0.6) is 0 Å². The minimum Gasteiger partial charge on any atom is -0.380 e. The molecule has 2 aromatic carbocycles. The molecular weight excluding hydrogens is 552 g/mol. The summed E-state index contributed by atoms with van der Waals surface area (Å²) in [5.74, 6) is -1.45. The number of benzene rings is 2. The van der Waals surface area contributed by atoms with E-state index in [0.717, 1.165) is 36.2 Å². The molecule has 1 aromatic heterocycles. The normalized spacial score (nSPS) is 16.4. The molecule has 1 saturated heterocycles. The molecule has 4 rings (SSSR count). The predicted molar refractivity (Wildman–Crippen MR) is 163 cm³/mol. The number of amides is 2. The molecule has 0 aliphatic carbocycles. The van der Waals surface area contributed by atoms with Crippen LogP contribution in [0.1, 0.15) is 64.3 Å². The summed E-state index contributed by atoms with van der Waals surface area (Å²) >= 11 is 1.42. The summed E-state index contributed by atoms with van der Waals surface area (Å²) in [6, 6.07) is 14.0. The number of aromatic nitrogens is 1. The largest absolute Gasteiger partial charge is 0.380 e. The molecule has 42 heavy (non-hydrogen) atoms. The van der Waals surface area contributed by atoms with Crippen LogP contribution in [0.2, 0.25) is 0 Å². The minimum absolute atomic E-state index is 0.103. The minimum atomic E-state index is -1.88. The van der Waals surface area contributed by atoms with Crippen LogP contribution < -0.4 is 10.6 Å². The molecule has 1 aliphatic heterocycles. The third-order valence-electron chi connectivity index (χ3n) is 7.66. The molecule has 2 amide bonds. The van der Waals surface area contributed by atoms with E-state index in [-0.39, 0.29) is 12.6 Å². The molecule has 2 heterocycles. The Morgan fingerprint density at radius 2 is 1.88 bits per heavy atom. The van der Waals surface area contributed by atoms with E-state index in [4.69, 9.17) is 4.74 Å². The first-order valence-corrected chi connectivity index (χ1v) is 15.5. The Balaban J connectivity index is 1.30. The lowest BCUT2D eigenvalue weighted by Crippen LogP contribution is -2.50. The lowest BCUT2D eigenvalue weighted by atomic mass is 9.99. The number of hydrogen-bond donors (Lipinski definition) is 4. The van der Waals surface area contributed by atoms with Gasteiger partial charge in [0.25, 0.3) is 11.8 Å². The van der Waals surface area contributed by atoms with Crippen molar-refractivity contribution in [1.82, 2.24) is 20.5 Å². The lowest BCUT2D eigenvalue weighted by Gasteiger charge is -2.29. The highest BCUT2D eigenvalue weighted by Gasteiger charge is 2.38. The Bertz CT molecular complexity index is 1330. The molecule has 10 heteroatoms. The van der Waals surface area contributed by atoms with E-state index in [1.807, 2.05) is 36.6 Å². The van der Waals surface area contributed by atoms with Gasteiger partial charge in [0.15, 0.2) is 12.2 Å². The van der Waals surface area contributed by atoms with E-state index in [1.165, 1.54) is 28.0 Å². The fourth-order valence-corrected chi connectivity index (χ4v) is 6.08. The first kappa shape index (κ1) is 31.8. The quantitative estimate of drug-likeness (QED) is 0.211. The van der Waals surface area contributed by atoms with Crippen LogP contribution in [-0.2, 0) is 33.8 Å². The number of aliphatic hydroxyl groups is 2. The van der Waals surface area contributed by atoms with Gasteiger partial charge in [-0.1, -0.05) is 42.5 Å². The van der Waals surface area contributed by atoms with Crippen molar-refractivity contribution in [2.45, 2.75) is 71.4 Å². The molecule has 226 valence electrons. The van der Waals surface area contributed by atoms with E-state index < -0.39 is 24.0 Å². The number of likely N-dealkylation sites (tertiary alicyclic amines) is 1. The molecule has 0 radical (unpaired) electrons. The summed E-state index contributed by atoms with van der Waals surface area (Å²) in [6.07, 6.45) is -1.52. The first-order valence-electron chi connectivity index (χ1n) is 14.6. The Labute approximate surface area is 251 Å². The van der Waals surface area contributed by atoms with Crippen molar-refractivity contribution in [3.05, 3.63) is 86.4 Å². The van der Waals surface area contributed by atoms with Crippen molar-refractivity contribution in [2.75, 3.05) is 26.3 Å². The number of nitrogens with zero attached hydrogens (tertiary/aromatic N) is 2. The van der Waals surface area contributed by atoms with E-state index in [1.54, 1.807) is 4.90 Å². The van der Waals surface area contributed by atoms with Gasteiger partial charge in [0.1, 0.15) is 5.01 Å². The Morgan fingerprint density at radius 1 is 1.12 bits per heavy atom. The molecular formula is C32H42N4O5S. The molecule has 1 aliphatic rings. The zero-order valence-electron chi connectivity index (χ0n) is 24.6. The van der Waals surface area contributed by atoms with Gasteiger partial charge >= 0.3 is 0 Å².